The van der Waals surface area contributed by atoms with Crippen LogP contribution in [0, 0.1) is 6.92 Å². The molecule has 6 heteroatoms. The molecule has 0 spiro atoms. The van der Waals surface area contributed by atoms with Gasteiger partial charge in [0.1, 0.15) is 11.5 Å². The van der Waals surface area contributed by atoms with Crippen LogP contribution in [0.5, 0.6) is 0 Å². The zero-order chi connectivity index (χ0) is 14.7. The topological polar surface area (TPSA) is 46.9 Å². The molecular weight excluding hydrogens is 342 g/mol. The van der Waals surface area contributed by atoms with E-state index in [1.807, 2.05) is 17.6 Å². The van der Waals surface area contributed by atoms with Crippen molar-refractivity contribution in [1.82, 2.24) is 9.55 Å². The summed E-state index contributed by atoms with van der Waals surface area (Å²) in [6, 6.07) is 5.28. The molecule has 0 unspecified atom stereocenters. The number of carbonyl (C=O) groups excluding carboxylic acids is 1. The third kappa shape index (κ3) is 3.41. The maximum atomic E-state index is 12.3. The second-order valence-corrected chi connectivity index (χ2v) is 5.75. The number of halogens is 2. The van der Waals surface area contributed by atoms with Gasteiger partial charge in [-0.2, -0.15) is 0 Å². The van der Waals surface area contributed by atoms with Crippen LogP contribution in [0.2, 0.25) is 5.02 Å². The summed E-state index contributed by atoms with van der Waals surface area (Å²) < 4.78 is 2.76. The smallest absolute Gasteiger partial charge is 0.273 e. The Morgan fingerprint density at radius 2 is 2.25 bits per heavy atom. The fourth-order valence-corrected chi connectivity index (χ4v) is 2.33. The SMILES string of the molecule is CCCn1cc(Cl)cc1C(=O)Nc1ccc(Br)c(C)n1. The van der Waals surface area contributed by atoms with Crippen molar-refractivity contribution < 1.29 is 4.79 Å². The van der Waals surface area contributed by atoms with Crippen LogP contribution in [0.3, 0.4) is 0 Å². The molecule has 1 N–H and O–H groups in total. The molecule has 2 rings (SSSR count). The maximum absolute atomic E-state index is 12.3. The number of hydrogen-bond acceptors (Lipinski definition) is 2. The first-order chi connectivity index (χ1) is 9.51. The van der Waals surface area contributed by atoms with E-state index in [-0.39, 0.29) is 5.91 Å². The van der Waals surface area contributed by atoms with Gasteiger partial charge in [0, 0.05) is 17.2 Å². The summed E-state index contributed by atoms with van der Waals surface area (Å²) >= 11 is 9.35. The highest BCUT2D eigenvalue weighted by atomic mass is 79.9. The lowest BCUT2D eigenvalue weighted by molar-refractivity contribution is 0.101. The van der Waals surface area contributed by atoms with Crippen LogP contribution in [0.15, 0.2) is 28.9 Å². The minimum Gasteiger partial charge on any atom is -0.342 e. The molecule has 0 saturated carbocycles. The van der Waals surface area contributed by atoms with Crippen molar-refractivity contribution in [3.63, 3.8) is 0 Å². The van der Waals surface area contributed by atoms with E-state index < -0.39 is 0 Å². The Morgan fingerprint density at radius 3 is 2.90 bits per heavy atom. The molecule has 0 aliphatic carbocycles. The molecule has 0 aliphatic heterocycles. The fourth-order valence-electron chi connectivity index (χ4n) is 1.89. The van der Waals surface area contributed by atoms with Gasteiger partial charge in [0.2, 0.25) is 0 Å². The van der Waals surface area contributed by atoms with Gasteiger partial charge in [0.15, 0.2) is 0 Å². The maximum Gasteiger partial charge on any atom is 0.273 e. The van der Waals surface area contributed by atoms with E-state index in [4.69, 9.17) is 11.6 Å². The third-order valence-corrected chi connectivity index (χ3v) is 3.87. The van der Waals surface area contributed by atoms with Gasteiger partial charge in [0.05, 0.1) is 10.7 Å². The van der Waals surface area contributed by atoms with Gasteiger partial charge in [-0.05, 0) is 47.5 Å². The van der Waals surface area contributed by atoms with Crippen molar-refractivity contribution in [2.24, 2.45) is 0 Å². The normalized spacial score (nSPS) is 10.6. The summed E-state index contributed by atoms with van der Waals surface area (Å²) in [6.45, 7) is 4.67. The minimum absolute atomic E-state index is 0.209. The Bertz CT molecular complexity index is 639. The zero-order valence-electron chi connectivity index (χ0n) is 11.3. The highest BCUT2D eigenvalue weighted by Gasteiger charge is 2.14. The van der Waals surface area contributed by atoms with Crippen LogP contribution in [-0.2, 0) is 6.54 Å². The van der Waals surface area contributed by atoms with Crippen molar-refractivity contribution in [3.8, 4) is 0 Å². The molecule has 20 heavy (non-hydrogen) atoms. The summed E-state index contributed by atoms with van der Waals surface area (Å²) in [4.78, 5) is 16.6. The molecule has 0 saturated heterocycles. The van der Waals surface area contributed by atoms with E-state index in [0.717, 1.165) is 23.1 Å². The van der Waals surface area contributed by atoms with E-state index in [1.165, 1.54) is 0 Å². The number of aromatic nitrogens is 2. The summed E-state index contributed by atoms with van der Waals surface area (Å²) in [7, 11) is 0. The molecule has 106 valence electrons. The van der Waals surface area contributed by atoms with Crippen LogP contribution in [0.25, 0.3) is 0 Å². The van der Waals surface area contributed by atoms with Gasteiger partial charge >= 0.3 is 0 Å². The number of amides is 1. The van der Waals surface area contributed by atoms with E-state index in [0.29, 0.717) is 16.5 Å². The first kappa shape index (κ1) is 15.1. The molecule has 2 aromatic rings. The van der Waals surface area contributed by atoms with Crippen molar-refractivity contribution in [2.75, 3.05) is 5.32 Å². The number of aryl methyl sites for hydroxylation is 2. The highest BCUT2D eigenvalue weighted by molar-refractivity contribution is 9.10. The van der Waals surface area contributed by atoms with Gasteiger partial charge in [0.25, 0.3) is 5.91 Å². The molecule has 2 heterocycles. The molecule has 0 radical (unpaired) electrons. The van der Waals surface area contributed by atoms with Crippen molar-refractivity contribution in [1.29, 1.82) is 0 Å². The monoisotopic (exact) mass is 355 g/mol. The van der Waals surface area contributed by atoms with Crippen LogP contribution >= 0.6 is 27.5 Å². The van der Waals surface area contributed by atoms with Crippen LogP contribution in [0.1, 0.15) is 29.5 Å². The van der Waals surface area contributed by atoms with Crippen LogP contribution < -0.4 is 5.32 Å². The fraction of sp³-hybridized carbons (Fsp3) is 0.286. The number of hydrogen-bond donors (Lipinski definition) is 1. The van der Waals surface area contributed by atoms with Crippen LogP contribution in [-0.4, -0.2) is 15.5 Å². The number of anilines is 1. The number of pyridine rings is 1. The average Bonchev–Trinajstić information content (AvgIpc) is 2.75. The lowest BCUT2D eigenvalue weighted by Crippen LogP contribution is -2.17. The molecule has 0 aromatic carbocycles. The lowest BCUT2D eigenvalue weighted by Gasteiger charge is -2.09. The number of rotatable bonds is 4. The summed E-state index contributed by atoms with van der Waals surface area (Å²) in [5.74, 6) is 0.315. The van der Waals surface area contributed by atoms with E-state index in [1.54, 1.807) is 18.3 Å². The van der Waals surface area contributed by atoms with Gasteiger partial charge in [-0.1, -0.05) is 18.5 Å². The van der Waals surface area contributed by atoms with Gasteiger partial charge in [-0.3, -0.25) is 4.79 Å². The number of nitrogens with zero attached hydrogens (tertiary/aromatic N) is 2. The minimum atomic E-state index is -0.209. The van der Waals surface area contributed by atoms with Crippen LogP contribution in [0.4, 0.5) is 5.82 Å². The Labute approximate surface area is 131 Å². The molecule has 1 amide bonds. The lowest BCUT2D eigenvalue weighted by atomic mass is 10.3. The largest absolute Gasteiger partial charge is 0.342 e. The Balaban J connectivity index is 2.21. The average molecular weight is 357 g/mol. The molecule has 0 atom stereocenters. The molecular formula is C14H15BrClN3O. The zero-order valence-corrected chi connectivity index (χ0v) is 13.6. The van der Waals surface area contributed by atoms with E-state index in [9.17, 15) is 4.79 Å². The Morgan fingerprint density at radius 1 is 1.50 bits per heavy atom. The second-order valence-electron chi connectivity index (χ2n) is 4.45. The summed E-state index contributed by atoms with van der Waals surface area (Å²) in [6.07, 6.45) is 2.70. The second kappa shape index (κ2) is 6.41. The van der Waals surface area contributed by atoms with Crippen molar-refractivity contribution >= 4 is 39.3 Å². The number of nitrogens with one attached hydrogen (secondary N) is 1. The van der Waals surface area contributed by atoms with Gasteiger partial charge in [-0.25, -0.2) is 4.98 Å². The number of carbonyl (C=O) groups is 1. The predicted molar refractivity (Wildman–Crippen MR) is 84.4 cm³/mol. The molecule has 0 aliphatic rings. The first-order valence-corrected chi connectivity index (χ1v) is 7.48. The first-order valence-electron chi connectivity index (χ1n) is 6.31. The van der Waals surface area contributed by atoms with E-state index >= 15 is 0 Å². The predicted octanol–water partition coefficient (Wildman–Crippen LogP) is 4.27. The highest BCUT2D eigenvalue weighted by Crippen LogP contribution is 2.19. The molecule has 0 fully saturated rings. The van der Waals surface area contributed by atoms with Crippen molar-refractivity contribution in [2.45, 2.75) is 26.8 Å². The van der Waals surface area contributed by atoms with E-state index in [2.05, 4.69) is 33.2 Å². The molecule has 4 nitrogen and oxygen atoms in total. The molecule has 0 bridgehead atoms. The quantitative estimate of drug-likeness (QED) is 0.889. The van der Waals surface area contributed by atoms with Gasteiger partial charge < -0.3 is 9.88 Å². The van der Waals surface area contributed by atoms with Crippen molar-refractivity contribution in [3.05, 3.63) is 45.3 Å². The summed E-state index contributed by atoms with van der Waals surface area (Å²) in [5, 5.41) is 3.35. The molecule has 2 aromatic heterocycles. The van der Waals surface area contributed by atoms with Gasteiger partial charge in [-0.15, -0.1) is 0 Å². The standard InChI is InChI=1S/C14H15BrClN3O/c1-3-6-19-8-10(16)7-12(19)14(20)18-13-5-4-11(15)9(2)17-13/h4-5,7-8H,3,6H2,1-2H3,(H,17,18,20). The Kier molecular flexibility index (Phi) is 4.83. The summed E-state index contributed by atoms with van der Waals surface area (Å²) in [5.41, 5.74) is 1.36. The Hall–Kier alpha value is -1.33. The third-order valence-electron chi connectivity index (χ3n) is 2.82.